The average molecular weight is 524 g/mol. The predicted molar refractivity (Wildman–Crippen MR) is 129 cm³/mol. The van der Waals surface area contributed by atoms with E-state index >= 15 is 0 Å². The summed E-state index contributed by atoms with van der Waals surface area (Å²) < 4.78 is 50.7. The van der Waals surface area contributed by atoms with E-state index in [-0.39, 0.29) is 41.1 Å². The molecule has 0 spiro atoms. The van der Waals surface area contributed by atoms with Crippen molar-refractivity contribution < 1.29 is 27.4 Å². The fraction of sp³-hybridized carbons (Fsp3) is 0.417. The number of carbonyl (C=O) groups is 1. The minimum atomic E-state index is -4.57. The van der Waals surface area contributed by atoms with Crippen molar-refractivity contribution in [1.29, 1.82) is 0 Å². The van der Waals surface area contributed by atoms with Gasteiger partial charge in [0.2, 0.25) is 5.88 Å². The Kier molecular flexibility index (Phi) is 7.39. The highest BCUT2D eigenvalue weighted by Gasteiger charge is 2.35. The number of methoxy groups -OCH3 is 2. The highest BCUT2D eigenvalue weighted by atomic mass is 35.5. The molecule has 12 heteroatoms. The molecular weight excluding hydrogens is 499 g/mol. The van der Waals surface area contributed by atoms with Crippen LogP contribution in [-0.2, 0) is 6.18 Å². The summed E-state index contributed by atoms with van der Waals surface area (Å²) >= 11 is 6.13. The van der Waals surface area contributed by atoms with E-state index in [2.05, 4.69) is 20.3 Å². The molecule has 36 heavy (non-hydrogen) atoms. The van der Waals surface area contributed by atoms with Crippen molar-refractivity contribution in [2.24, 2.45) is 0 Å². The summed E-state index contributed by atoms with van der Waals surface area (Å²) in [7, 11) is 4.60. The smallest absolute Gasteiger partial charge is 0.433 e. The van der Waals surface area contributed by atoms with E-state index in [1.165, 1.54) is 32.4 Å². The van der Waals surface area contributed by atoms with Gasteiger partial charge in [-0.1, -0.05) is 11.6 Å². The second-order valence-electron chi connectivity index (χ2n) is 8.56. The molecule has 1 N–H and O–H groups in total. The molecular formula is C24H25ClF3N5O3. The van der Waals surface area contributed by atoms with Crippen LogP contribution in [0, 0.1) is 0 Å². The Labute approximate surface area is 210 Å². The van der Waals surface area contributed by atoms with Gasteiger partial charge in [0.25, 0.3) is 5.91 Å². The Morgan fingerprint density at radius 1 is 1.06 bits per heavy atom. The van der Waals surface area contributed by atoms with Gasteiger partial charge in [-0.2, -0.15) is 23.1 Å². The number of aromatic nitrogens is 3. The molecule has 8 nitrogen and oxygen atoms in total. The first-order chi connectivity index (χ1) is 17.1. The fourth-order valence-electron chi connectivity index (χ4n) is 4.40. The number of fused-ring (bicyclic) bond motifs is 1. The Hall–Kier alpha value is -3.34. The van der Waals surface area contributed by atoms with Crippen molar-refractivity contribution in [3.8, 4) is 11.9 Å². The SMILES string of the molecule is COc1cc(C(=O)N[C@H]2CC[C@@H](N(C)c3cc(C(F)(F)F)nc4ccc(Cl)cc34)CC2)nc(OC)n1. The number of nitrogens with one attached hydrogen (secondary N) is 1. The first-order valence-electron chi connectivity index (χ1n) is 11.3. The number of nitrogens with zero attached hydrogens (tertiary/aromatic N) is 4. The molecule has 1 saturated carbocycles. The second-order valence-corrected chi connectivity index (χ2v) is 8.99. The van der Waals surface area contributed by atoms with Crippen LogP contribution >= 0.6 is 11.6 Å². The summed E-state index contributed by atoms with van der Waals surface area (Å²) in [5.74, 6) is -0.171. The number of hydrogen-bond donors (Lipinski definition) is 1. The van der Waals surface area contributed by atoms with Gasteiger partial charge in [0, 0.05) is 41.3 Å². The van der Waals surface area contributed by atoms with Gasteiger partial charge in [-0.25, -0.2) is 4.98 Å². The van der Waals surface area contributed by atoms with E-state index < -0.39 is 11.9 Å². The van der Waals surface area contributed by atoms with Gasteiger partial charge in [-0.3, -0.25) is 4.79 Å². The van der Waals surface area contributed by atoms with E-state index in [1.54, 1.807) is 13.1 Å². The van der Waals surface area contributed by atoms with Crippen LogP contribution in [0.2, 0.25) is 5.02 Å². The van der Waals surface area contributed by atoms with Crippen molar-refractivity contribution in [2.75, 3.05) is 26.2 Å². The van der Waals surface area contributed by atoms with Crippen LogP contribution in [0.25, 0.3) is 10.9 Å². The Balaban J connectivity index is 1.48. The third kappa shape index (κ3) is 5.56. The topological polar surface area (TPSA) is 89.5 Å². The van der Waals surface area contributed by atoms with Crippen LogP contribution in [0.3, 0.4) is 0 Å². The largest absolute Gasteiger partial charge is 0.481 e. The molecule has 3 aromatic rings. The van der Waals surface area contributed by atoms with Crippen LogP contribution in [0.1, 0.15) is 41.9 Å². The number of amides is 1. The monoisotopic (exact) mass is 523 g/mol. The van der Waals surface area contributed by atoms with Crippen LogP contribution in [-0.4, -0.2) is 54.2 Å². The fourth-order valence-corrected chi connectivity index (χ4v) is 4.57. The molecule has 1 fully saturated rings. The summed E-state index contributed by atoms with van der Waals surface area (Å²) in [6.07, 6.45) is -1.93. The van der Waals surface area contributed by atoms with Crippen LogP contribution in [0.5, 0.6) is 11.9 Å². The molecule has 1 aliphatic rings. The minimum Gasteiger partial charge on any atom is -0.481 e. The summed E-state index contributed by atoms with van der Waals surface area (Å²) in [4.78, 5) is 26.4. The van der Waals surface area contributed by atoms with Crippen molar-refractivity contribution in [1.82, 2.24) is 20.3 Å². The lowest BCUT2D eigenvalue weighted by molar-refractivity contribution is -0.140. The van der Waals surface area contributed by atoms with Crippen molar-refractivity contribution in [3.63, 3.8) is 0 Å². The van der Waals surface area contributed by atoms with Gasteiger partial charge in [0.05, 0.1) is 19.7 Å². The van der Waals surface area contributed by atoms with Crippen LogP contribution in [0.15, 0.2) is 30.3 Å². The van der Waals surface area contributed by atoms with Gasteiger partial charge in [0.1, 0.15) is 11.4 Å². The molecule has 0 unspecified atom stereocenters. The maximum atomic E-state index is 13.5. The van der Waals surface area contributed by atoms with Gasteiger partial charge < -0.3 is 19.7 Å². The lowest BCUT2D eigenvalue weighted by atomic mass is 9.89. The third-order valence-electron chi connectivity index (χ3n) is 6.31. The van der Waals surface area contributed by atoms with Crippen LogP contribution in [0.4, 0.5) is 18.9 Å². The maximum Gasteiger partial charge on any atom is 0.433 e. The highest BCUT2D eigenvalue weighted by molar-refractivity contribution is 6.31. The molecule has 192 valence electrons. The number of benzene rings is 1. The summed E-state index contributed by atoms with van der Waals surface area (Å²) in [6.45, 7) is 0. The van der Waals surface area contributed by atoms with Crippen molar-refractivity contribution >= 4 is 34.1 Å². The third-order valence-corrected chi connectivity index (χ3v) is 6.54. The molecule has 0 saturated heterocycles. The molecule has 0 radical (unpaired) electrons. The zero-order valence-corrected chi connectivity index (χ0v) is 20.7. The lowest BCUT2D eigenvalue weighted by Crippen LogP contribution is -2.43. The maximum absolute atomic E-state index is 13.5. The minimum absolute atomic E-state index is 0.0211. The zero-order chi connectivity index (χ0) is 26.0. The second kappa shape index (κ2) is 10.3. The number of ether oxygens (including phenoxy) is 2. The first-order valence-corrected chi connectivity index (χ1v) is 11.6. The lowest BCUT2D eigenvalue weighted by Gasteiger charge is -2.37. The first kappa shape index (κ1) is 25.7. The Bertz CT molecular complexity index is 1240. The normalized spacial score (nSPS) is 18.1. The van der Waals surface area contributed by atoms with E-state index in [9.17, 15) is 18.0 Å². The number of halogens is 4. The molecule has 0 bridgehead atoms. The van der Waals surface area contributed by atoms with Crippen molar-refractivity contribution in [2.45, 2.75) is 43.9 Å². The number of anilines is 1. The summed E-state index contributed by atoms with van der Waals surface area (Å²) in [5, 5.41) is 3.94. The zero-order valence-electron chi connectivity index (χ0n) is 19.9. The van der Waals surface area contributed by atoms with E-state index in [1.807, 2.05) is 4.90 Å². The van der Waals surface area contributed by atoms with E-state index in [0.29, 0.717) is 41.8 Å². The summed E-state index contributed by atoms with van der Waals surface area (Å²) in [6, 6.07) is 7.04. The number of alkyl halides is 3. The highest BCUT2D eigenvalue weighted by Crippen LogP contribution is 2.37. The number of hydrogen-bond acceptors (Lipinski definition) is 7. The van der Waals surface area contributed by atoms with E-state index in [0.717, 1.165) is 6.07 Å². The Morgan fingerprint density at radius 2 is 1.78 bits per heavy atom. The molecule has 0 aliphatic heterocycles. The summed E-state index contributed by atoms with van der Waals surface area (Å²) in [5.41, 5.74) is -0.177. The standard InChI is InChI=1S/C24H25ClF3N5O3/c1-33(19-12-20(24(26,27)28)30-17-9-4-13(25)10-16(17)19)15-7-5-14(6-8-15)29-22(34)18-11-21(35-2)32-23(31-18)36-3/h4,9-12,14-15H,5-8H2,1-3H3,(H,29,34)/t14-,15+. The molecule has 4 rings (SSSR count). The quantitative estimate of drug-likeness (QED) is 0.492. The van der Waals surface area contributed by atoms with Crippen LogP contribution < -0.4 is 19.7 Å². The molecule has 1 aromatic carbocycles. The molecule has 2 aromatic heterocycles. The molecule has 0 atom stereocenters. The van der Waals surface area contributed by atoms with E-state index in [4.69, 9.17) is 21.1 Å². The number of pyridine rings is 1. The average Bonchev–Trinajstić information content (AvgIpc) is 2.87. The molecule has 2 heterocycles. The van der Waals surface area contributed by atoms with Gasteiger partial charge in [-0.05, 0) is 49.9 Å². The van der Waals surface area contributed by atoms with Gasteiger partial charge in [-0.15, -0.1) is 0 Å². The van der Waals surface area contributed by atoms with Crippen molar-refractivity contribution in [3.05, 3.63) is 46.7 Å². The molecule has 1 aliphatic carbocycles. The predicted octanol–water partition coefficient (Wildman–Crippen LogP) is 4.89. The van der Waals surface area contributed by atoms with Gasteiger partial charge in [0.15, 0.2) is 0 Å². The molecule has 1 amide bonds. The van der Waals surface area contributed by atoms with Gasteiger partial charge >= 0.3 is 12.2 Å². The number of carbonyl (C=O) groups excluding carboxylic acids is 1. The Morgan fingerprint density at radius 3 is 2.42 bits per heavy atom. The number of rotatable bonds is 6.